The first-order chi connectivity index (χ1) is 8.70. The lowest BCUT2D eigenvalue weighted by molar-refractivity contribution is 0.208. The average molecular weight is 242 g/mol. The maximum atomic E-state index is 5.95. The zero-order valence-electron chi connectivity index (χ0n) is 10.8. The molecule has 0 radical (unpaired) electrons. The van der Waals surface area contributed by atoms with Crippen LogP contribution in [0.5, 0.6) is 5.75 Å². The first-order valence-corrected chi connectivity index (χ1v) is 6.05. The van der Waals surface area contributed by atoms with Gasteiger partial charge in [-0.15, -0.1) is 0 Å². The van der Waals surface area contributed by atoms with E-state index in [0.717, 1.165) is 17.0 Å². The van der Waals surface area contributed by atoms with Crippen LogP contribution in [-0.2, 0) is 0 Å². The van der Waals surface area contributed by atoms with E-state index < -0.39 is 0 Å². The fourth-order valence-corrected chi connectivity index (χ4v) is 1.88. The highest BCUT2D eigenvalue weighted by Crippen LogP contribution is 2.24. The van der Waals surface area contributed by atoms with E-state index in [2.05, 4.69) is 18.0 Å². The molecule has 3 heteroatoms. The van der Waals surface area contributed by atoms with Gasteiger partial charge in [0.15, 0.2) is 6.10 Å². The van der Waals surface area contributed by atoms with Gasteiger partial charge in [-0.05, 0) is 37.6 Å². The van der Waals surface area contributed by atoms with Gasteiger partial charge in [0.1, 0.15) is 5.75 Å². The lowest BCUT2D eigenvalue weighted by Crippen LogP contribution is -2.19. The molecule has 0 fully saturated rings. The van der Waals surface area contributed by atoms with E-state index in [9.17, 15) is 0 Å². The molecular weight excluding hydrogens is 224 g/mol. The van der Waals surface area contributed by atoms with E-state index in [-0.39, 0.29) is 6.10 Å². The number of hydrogen-bond acceptors (Lipinski definition) is 3. The standard InChI is InChI=1S/C15H18N2O/c1-11-6-7-14(12(2)9-11)18-15(10-16)13-5-3-4-8-17-13/h3-9,15H,10,16H2,1-2H3. The lowest BCUT2D eigenvalue weighted by atomic mass is 10.1. The second-order valence-electron chi connectivity index (χ2n) is 4.37. The number of rotatable bonds is 4. The highest BCUT2D eigenvalue weighted by Gasteiger charge is 2.13. The van der Waals surface area contributed by atoms with Crippen molar-refractivity contribution in [3.8, 4) is 5.75 Å². The van der Waals surface area contributed by atoms with Crippen LogP contribution in [-0.4, -0.2) is 11.5 Å². The van der Waals surface area contributed by atoms with Crippen LogP contribution in [0.4, 0.5) is 0 Å². The SMILES string of the molecule is Cc1ccc(OC(CN)c2ccccn2)c(C)c1. The maximum Gasteiger partial charge on any atom is 0.153 e. The molecule has 94 valence electrons. The molecule has 0 spiro atoms. The van der Waals surface area contributed by atoms with Crippen LogP contribution < -0.4 is 10.5 Å². The Morgan fingerprint density at radius 1 is 1.22 bits per heavy atom. The van der Waals surface area contributed by atoms with Gasteiger partial charge in [0.05, 0.1) is 5.69 Å². The molecule has 0 aliphatic carbocycles. The summed E-state index contributed by atoms with van der Waals surface area (Å²) in [6.45, 7) is 4.51. The monoisotopic (exact) mass is 242 g/mol. The first-order valence-electron chi connectivity index (χ1n) is 6.05. The van der Waals surface area contributed by atoms with E-state index in [1.165, 1.54) is 5.56 Å². The van der Waals surface area contributed by atoms with Gasteiger partial charge in [-0.25, -0.2) is 0 Å². The van der Waals surface area contributed by atoms with Crippen molar-refractivity contribution in [3.05, 3.63) is 59.4 Å². The Hall–Kier alpha value is -1.87. The van der Waals surface area contributed by atoms with Gasteiger partial charge in [0.2, 0.25) is 0 Å². The molecule has 2 N–H and O–H groups in total. The Bertz CT molecular complexity index is 511. The third kappa shape index (κ3) is 2.87. The van der Waals surface area contributed by atoms with Gasteiger partial charge < -0.3 is 10.5 Å². The zero-order chi connectivity index (χ0) is 13.0. The second kappa shape index (κ2) is 5.65. The Balaban J connectivity index is 2.21. The van der Waals surface area contributed by atoms with Crippen molar-refractivity contribution in [1.29, 1.82) is 0 Å². The van der Waals surface area contributed by atoms with Crippen LogP contribution in [0.15, 0.2) is 42.6 Å². The zero-order valence-corrected chi connectivity index (χ0v) is 10.8. The fraction of sp³-hybridized carbons (Fsp3) is 0.267. The molecule has 0 bridgehead atoms. The molecule has 1 unspecified atom stereocenters. The molecular formula is C15H18N2O. The summed E-state index contributed by atoms with van der Waals surface area (Å²) in [6, 6.07) is 11.9. The van der Waals surface area contributed by atoms with Crippen molar-refractivity contribution in [3.63, 3.8) is 0 Å². The Labute approximate surface area is 108 Å². The largest absolute Gasteiger partial charge is 0.483 e. The predicted molar refractivity (Wildman–Crippen MR) is 72.6 cm³/mol. The minimum Gasteiger partial charge on any atom is -0.483 e. The smallest absolute Gasteiger partial charge is 0.153 e. The average Bonchev–Trinajstić information content (AvgIpc) is 2.39. The quantitative estimate of drug-likeness (QED) is 0.896. The van der Waals surface area contributed by atoms with Gasteiger partial charge in [-0.2, -0.15) is 0 Å². The molecule has 0 aliphatic rings. The molecule has 3 nitrogen and oxygen atoms in total. The topological polar surface area (TPSA) is 48.1 Å². The molecule has 1 atom stereocenters. The number of nitrogens with two attached hydrogens (primary N) is 1. The van der Waals surface area contributed by atoms with E-state index in [1.807, 2.05) is 37.3 Å². The Morgan fingerprint density at radius 3 is 2.67 bits per heavy atom. The molecule has 2 aromatic rings. The molecule has 0 amide bonds. The summed E-state index contributed by atoms with van der Waals surface area (Å²) >= 11 is 0. The Kier molecular flexibility index (Phi) is 3.95. The summed E-state index contributed by atoms with van der Waals surface area (Å²) in [4.78, 5) is 4.29. The Morgan fingerprint density at radius 2 is 2.06 bits per heavy atom. The van der Waals surface area contributed by atoms with Crippen LogP contribution in [0.2, 0.25) is 0 Å². The summed E-state index contributed by atoms with van der Waals surface area (Å²) in [5.41, 5.74) is 8.97. The van der Waals surface area contributed by atoms with Crippen LogP contribution in [0.25, 0.3) is 0 Å². The normalized spacial score (nSPS) is 12.2. The maximum absolute atomic E-state index is 5.95. The minimum absolute atomic E-state index is 0.201. The van der Waals surface area contributed by atoms with Crippen LogP contribution >= 0.6 is 0 Å². The first kappa shape index (κ1) is 12.6. The number of nitrogens with zero attached hydrogens (tertiary/aromatic N) is 1. The van der Waals surface area contributed by atoms with Crippen molar-refractivity contribution in [1.82, 2.24) is 4.98 Å². The summed E-state index contributed by atoms with van der Waals surface area (Å²) in [5, 5.41) is 0. The highest BCUT2D eigenvalue weighted by atomic mass is 16.5. The van der Waals surface area contributed by atoms with Crippen molar-refractivity contribution < 1.29 is 4.74 Å². The minimum atomic E-state index is -0.201. The van der Waals surface area contributed by atoms with Crippen molar-refractivity contribution in [2.75, 3.05) is 6.54 Å². The van der Waals surface area contributed by atoms with E-state index in [0.29, 0.717) is 6.54 Å². The van der Waals surface area contributed by atoms with Crippen LogP contribution in [0.3, 0.4) is 0 Å². The van der Waals surface area contributed by atoms with Gasteiger partial charge in [0, 0.05) is 12.7 Å². The van der Waals surface area contributed by atoms with Crippen LogP contribution in [0, 0.1) is 13.8 Å². The fourth-order valence-electron chi connectivity index (χ4n) is 1.88. The molecule has 18 heavy (non-hydrogen) atoms. The van der Waals surface area contributed by atoms with E-state index in [1.54, 1.807) is 6.20 Å². The molecule has 1 aromatic heterocycles. The van der Waals surface area contributed by atoms with E-state index in [4.69, 9.17) is 10.5 Å². The molecule has 0 saturated carbocycles. The van der Waals surface area contributed by atoms with Gasteiger partial charge in [-0.3, -0.25) is 4.98 Å². The van der Waals surface area contributed by atoms with Crippen molar-refractivity contribution >= 4 is 0 Å². The number of benzene rings is 1. The van der Waals surface area contributed by atoms with Gasteiger partial charge in [0.25, 0.3) is 0 Å². The molecule has 0 aliphatic heterocycles. The number of hydrogen-bond donors (Lipinski definition) is 1. The summed E-state index contributed by atoms with van der Waals surface area (Å²) < 4.78 is 5.95. The molecule has 1 heterocycles. The third-order valence-corrected chi connectivity index (χ3v) is 2.83. The van der Waals surface area contributed by atoms with Crippen molar-refractivity contribution in [2.45, 2.75) is 20.0 Å². The van der Waals surface area contributed by atoms with Crippen LogP contribution in [0.1, 0.15) is 22.9 Å². The van der Waals surface area contributed by atoms with Gasteiger partial charge in [-0.1, -0.05) is 23.8 Å². The van der Waals surface area contributed by atoms with Crippen molar-refractivity contribution in [2.24, 2.45) is 5.73 Å². The predicted octanol–water partition coefficient (Wildman–Crippen LogP) is 2.78. The second-order valence-corrected chi connectivity index (χ2v) is 4.37. The molecule has 2 rings (SSSR count). The molecule has 1 aromatic carbocycles. The highest BCUT2D eigenvalue weighted by molar-refractivity contribution is 5.36. The summed E-state index contributed by atoms with van der Waals surface area (Å²) in [7, 11) is 0. The molecule has 0 saturated heterocycles. The summed E-state index contributed by atoms with van der Waals surface area (Å²) in [5.74, 6) is 0.863. The number of pyridine rings is 1. The number of ether oxygens (including phenoxy) is 1. The number of aryl methyl sites for hydroxylation is 2. The number of aromatic nitrogens is 1. The van der Waals surface area contributed by atoms with E-state index >= 15 is 0 Å². The lowest BCUT2D eigenvalue weighted by Gasteiger charge is -2.18. The third-order valence-electron chi connectivity index (χ3n) is 2.83. The summed E-state index contributed by atoms with van der Waals surface area (Å²) in [6.07, 6.45) is 1.55. The van der Waals surface area contributed by atoms with Gasteiger partial charge >= 0.3 is 0 Å².